The molecule has 0 unspecified atom stereocenters. The Morgan fingerprint density at radius 1 is 1.33 bits per heavy atom. The Morgan fingerprint density at radius 2 is 2.06 bits per heavy atom. The van der Waals surface area contributed by atoms with Crippen molar-refractivity contribution in [2.24, 2.45) is 5.73 Å². The highest BCUT2D eigenvalue weighted by Crippen LogP contribution is 2.39. The molecule has 2 heterocycles. The summed E-state index contributed by atoms with van der Waals surface area (Å²) in [4.78, 5) is 12.1. The number of amides is 1. The summed E-state index contributed by atoms with van der Waals surface area (Å²) in [5.41, 5.74) is 5.15. The predicted octanol–water partition coefficient (Wildman–Crippen LogP) is 0.393. The second-order valence-corrected chi connectivity index (χ2v) is 4.94. The number of carbonyl (C=O) groups is 1. The topological polar surface area (TPSA) is 103 Å². The monoisotopic (exact) mass is 252 g/mol. The zero-order chi connectivity index (χ0) is 12.6. The smallest absolute Gasteiger partial charge is 0.322 e. The van der Waals surface area contributed by atoms with Crippen LogP contribution in [0.15, 0.2) is 4.42 Å². The lowest BCUT2D eigenvalue weighted by molar-refractivity contribution is -0.124. The van der Waals surface area contributed by atoms with Crippen molar-refractivity contribution >= 4 is 11.9 Å². The molecule has 3 rings (SSSR count). The van der Waals surface area contributed by atoms with Gasteiger partial charge in [-0.25, -0.2) is 0 Å². The molecule has 1 aromatic heterocycles. The second-order valence-electron chi connectivity index (χ2n) is 4.94. The van der Waals surface area contributed by atoms with Crippen LogP contribution in [0.25, 0.3) is 0 Å². The molecule has 1 aromatic rings. The maximum atomic E-state index is 12.1. The molecular weight excluding hydrogens is 236 g/mol. The van der Waals surface area contributed by atoms with Crippen molar-refractivity contribution in [1.29, 1.82) is 0 Å². The Morgan fingerprint density at radius 3 is 2.72 bits per heavy atom. The first-order valence-electron chi connectivity index (χ1n) is 6.19. The largest absolute Gasteiger partial charge is 0.408 e. The van der Waals surface area contributed by atoms with Gasteiger partial charge in [-0.1, -0.05) is 5.10 Å². The number of nitrogens with two attached hydrogens (primary N) is 1. The van der Waals surface area contributed by atoms with Gasteiger partial charge >= 0.3 is 6.01 Å². The van der Waals surface area contributed by atoms with Gasteiger partial charge in [-0.3, -0.25) is 10.1 Å². The van der Waals surface area contributed by atoms with Crippen LogP contribution in [0.4, 0.5) is 6.01 Å². The molecule has 18 heavy (non-hydrogen) atoms. The summed E-state index contributed by atoms with van der Waals surface area (Å²) in [6, 6.07) is 0.137. The van der Waals surface area contributed by atoms with Gasteiger partial charge in [0.1, 0.15) is 5.54 Å². The van der Waals surface area contributed by atoms with Gasteiger partial charge in [-0.2, -0.15) is 0 Å². The van der Waals surface area contributed by atoms with Crippen molar-refractivity contribution in [3.63, 3.8) is 0 Å². The maximum Gasteiger partial charge on any atom is 0.322 e. The third-order valence-corrected chi connectivity index (χ3v) is 3.42. The van der Waals surface area contributed by atoms with Gasteiger partial charge in [0.15, 0.2) is 0 Å². The SMILES string of the molecule is NC1(C(=O)Nc2nnc(C3CC3)o2)CCOCC1. The van der Waals surface area contributed by atoms with Crippen LogP contribution in [-0.4, -0.2) is 34.9 Å². The van der Waals surface area contributed by atoms with Gasteiger partial charge in [-0.15, -0.1) is 5.10 Å². The molecule has 0 bridgehead atoms. The molecule has 7 nitrogen and oxygen atoms in total. The molecule has 0 atom stereocenters. The summed E-state index contributed by atoms with van der Waals surface area (Å²) in [5.74, 6) is 0.693. The van der Waals surface area contributed by atoms with E-state index in [0.717, 1.165) is 12.8 Å². The van der Waals surface area contributed by atoms with Crippen LogP contribution in [0.3, 0.4) is 0 Å². The number of nitrogens with one attached hydrogen (secondary N) is 1. The van der Waals surface area contributed by atoms with Gasteiger partial charge in [0, 0.05) is 19.1 Å². The summed E-state index contributed by atoms with van der Waals surface area (Å²) >= 11 is 0. The lowest BCUT2D eigenvalue weighted by Crippen LogP contribution is -2.54. The first-order valence-corrected chi connectivity index (χ1v) is 6.19. The third kappa shape index (κ3) is 2.23. The van der Waals surface area contributed by atoms with E-state index in [1.807, 2.05) is 0 Å². The highest BCUT2D eigenvalue weighted by Gasteiger charge is 2.37. The number of nitrogens with zero attached hydrogens (tertiary/aromatic N) is 2. The fraction of sp³-hybridized carbons (Fsp3) is 0.727. The Labute approximate surface area is 104 Å². The average molecular weight is 252 g/mol. The van der Waals surface area contributed by atoms with Crippen molar-refractivity contribution in [3.8, 4) is 0 Å². The number of hydrogen-bond acceptors (Lipinski definition) is 6. The number of hydrogen-bond donors (Lipinski definition) is 2. The van der Waals surface area contributed by atoms with Gasteiger partial charge in [0.25, 0.3) is 0 Å². The van der Waals surface area contributed by atoms with Gasteiger partial charge in [0.05, 0.1) is 0 Å². The third-order valence-electron chi connectivity index (χ3n) is 3.42. The number of anilines is 1. The Hall–Kier alpha value is -1.47. The first kappa shape index (κ1) is 11.6. The molecule has 1 amide bonds. The quantitative estimate of drug-likeness (QED) is 0.806. The molecule has 0 spiro atoms. The van der Waals surface area contributed by atoms with Crippen LogP contribution in [0.5, 0.6) is 0 Å². The van der Waals surface area contributed by atoms with E-state index in [2.05, 4.69) is 15.5 Å². The second kappa shape index (κ2) is 4.33. The Kier molecular flexibility index (Phi) is 2.79. The lowest BCUT2D eigenvalue weighted by Gasteiger charge is -2.31. The van der Waals surface area contributed by atoms with E-state index in [1.165, 1.54) is 0 Å². The standard InChI is InChI=1S/C11H16N4O3/c12-11(3-5-17-6-4-11)9(16)13-10-15-14-8(18-10)7-1-2-7/h7H,1-6,12H2,(H,13,15,16). The van der Waals surface area contributed by atoms with E-state index < -0.39 is 5.54 Å². The van der Waals surface area contributed by atoms with E-state index in [9.17, 15) is 4.79 Å². The summed E-state index contributed by atoms with van der Waals surface area (Å²) in [6.45, 7) is 1.00. The Balaban J connectivity index is 1.65. The van der Waals surface area contributed by atoms with Crippen molar-refractivity contribution in [1.82, 2.24) is 10.2 Å². The van der Waals surface area contributed by atoms with Crippen LogP contribution >= 0.6 is 0 Å². The molecule has 1 aliphatic heterocycles. The summed E-state index contributed by atoms with van der Waals surface area (Å²) in [7, 11) is 0. The van der Waals surface area contributed by atoms with Crippen molar-refractivity contribution in [2.75, 3.05) is 18.5 Å². The molecular formula is C11H16N4O3. The minimum atomic E-state index is -0.896. The summed E-state index contributed by atoms with van der Waals surface area (Å²) in [6.07, 6.45) is 3.16. The van der Waals surface area contributed by atoms with Crippen molar-refractivity contribution in [2.45, 2.75) is 37.1 Å². The fourth-order valence-electron chi connectivity index (χ4n) is 1.96. The molecule has 0 aromatic carbocycles. The first-order chi connectivity index (χ1) is 8.67. The van der Waals surface area contributed by atoms with Crippen LogP contribution in [-0.2, 0) is 9.53 Å². The summed E-state index contributed by atoms with van der Waals surface area (Å²) in [5, 5.41) is 10.3. The van der Waals surface area contributed by atoms with E-state index in [4.69, 9.17) is 14.9 Å². The van der Waals surface area contributed by atoms with Crippen molar-refractivity contribution in [3.05, 3.63) is 5.89 Å². The molecule has 98 valence electrons. The number of carbonyl (C=O) groups excluding carboxylic acids is 1. The van der Waals surface area contributed by atoms with Gasteiger partial charge in [-0.05, 0) is 25.7 Å². The number of rotatable bonds is 3. The lowest BCUT2D eigenvalue weighted by atomic mass is 9.90. The van der Waals surface area contributed by atoms with Gasteiger partial charge in [0.2, 0.25) is 11.8 Å². The molecule has 1 saturated heterocycles. The average Bonchev–Trinajstić information content (AvgIpc) is 3.11. The molecule has 1 saturated carbocycles. The minimum absolute atomic E-state index is 0.137. The van der Waals surface area contributed by atoms with E-state index in [-0.39, 0.29) is 11.9 Å². The Bertz CT molecular complexity index is 449. The van der Waals surface area contributed by atoms with Crippen LogP contribution in [0.1, 0.15) is 37.5 Å². The molecule has 3 N–H and O–H groups in total. The zero-order valence-electron chi connectivity index (χ0n) is 10.0. The fourth-order valence-corrected chi connectivity index (χ4v) is 1.96. The zero-order valence-corrected chi connectivity index (χ0v) is 10.0. The number of ether oxygens (including phenoxy) is 1. The maximum absolute atomic E-state index is 12.1. The van der Waals surface area contributed by atoms with Crippen molar-refractivity contribution < 1.29 is 13.9 Å². The van der Waals surface area contributed by atoms with Crippen LogP contribution in [0.2, 0.25) is 0 Å². The molecule has 2 aliphatic rings. The van der Waals surface area contributed by atoms with E-state index in [0.29, 0.717) is 37.9 Å². The highest BCUT2D eigenvalue weighted by atomic mass is 16.5. The summed E-state index contributed by atoms with van der Waals surface area (Å²) < 4.78 is 10.6. The predicted molar refractivity (Wildman–Crippen MR) is 61.9 cm³/mol. The molecule has 0 radical (unpaired) electrons. The normalized spacial score (nSPS) is 22.7. The minimum Gasteiger partial charge on any atom is -0.408 e. The molecule has 7 heteroatoms. The van der Waals surface area contributed by atoms with Gasteiger partial charge < -0.3 is 14.9 Å². The van der Waals surface area contributed by atoms with Crippen LogP contribution in [0, 0.1) is 0 Å². The molecule has 2 fully saturated rings. The van der Waals surface area contributed by atoms with E-state index in [1.54, 1.807) is 0 Å². The number of aromatic nitrogens is 2. The highest BCUT2D eigenvalue weighted by molar-refractivity contribution is 5.96. The van der Waals surface area contributed by atoms with E-state index >= 15 is 0 Å². The molecule has 1 aliphatic carbocycles. The van der Waals surface area contributed by atoms with Crippen LogP contribution < -0.4 is 11.1 Å².